The van der Waals surface area contributed by atoms with Crippen molar-refractivity contribution in [3.63, 3.8) is 0 Å². The average Bonchev–Trinajstić information content (AvgIpc) is 2.40. The van der Waals surface area contributed by atoms with E-state index in [9.17, 15) is 0 Å². The summed E-state index contributed by atoms with van der Waals surface area (Å²) >= 11 is 1.41. The van der Waals surface area contributed by atoms with Crippen molar-refractivity contribution in [2.45, 2.75) is 74.8 Å². The summed E-state index contributed by atoms with van der Waals surface area (Å²) in [5.74, 6) is 0. The van der Waals surface area contributed by atoms with E-state index in [-0.39, 0.29) is 48.4 Å². The molecule has 0 aliphatic rings. The molecule has 0 saturated carbocycles. The number of unbranched alkanes of at least 4 members (excludes halogenated alkanes) is 9. The van der Waals surface area contributed by atoms with Gasteiger partial charge in [0, 0.05) is 10.4 Å². The molecular formula is C12H29LiNa2O12S3. The van der Waals surface area contributed by atoms with Gasteiger partial charge in [0.05, 0.1) is 0 Å². The summed E-state index contributed by atoms with van der Waals surface area (Å²) in [7, 11) is -14.5. The van der Waals surface area contributed by atoms with Gasteiger partial charge in [0.2, 0.25) is 0 Å². The van der Waals surface area contributed by atoms with Gasteiger partial charge in [-0.2, -0.15) is 16.8 Å². The molecule has 0 saturated heterocycles. The van der Waals surface area contributed by atoms with E-state index in [2.05, 4.69) is 6.92 Å². The summed E-state index contributed by atoms with van der Waals surface area (Å²) in [6, 6.07) is 0. The summed E-state index contributed by atoms with van der Waals surface area (Å²) < 4.78 is 98.8. The van der Waals surface area contributed by atoms with E-state index in [1.54, 1.807) is 0 Å². The second-order valence-electron chi connectivity index (χ2n) is 5.49. The van der Waals surface area contributed by atoms with Crippen LogP contribution in [0.1, 0.15) is 71.1 Å². The van der Waals surface area contributed by atoms with E-state index >= 15 is 0 Å². The number of hydrogen-bond acceptors (Lipinski definition) is 8. The standard InChI is InChI=1S/C12H25.Li.2Na.3H2O4S/c1-3-5-7-9-11-12-10-8-6-4-2;;;;3*1-5(2,3)4/h1,3-12H2,2H3;;;;3*(H2,1,2,3,4)/q;+1;;+1;;;/p-2. The largest absolute Gasteiger partial charge is 1.00 e. The smallest absolute Gasteiger partial charge is 0.759 e. The van der Waals surface area contributed by atoms with E-state index in [4.69, 9.17) is 52.6 Å². The van der Waals surface area contributed by atoms with Gasteiger partial charge in [0.25, 0.3) is 0 Å². The quantitative estimate of drug-likeness (QED) is 0.0942. The van der Waals surface area contributed by atoms with Crippen molar-refractivity contribution in [1.82, 2.24) is 0 Å². The molecule has 0 heterocycles. The van der Waals surface area contributed by atoms with Crippen LogP contribution in [0.15, 0.2) is 0 Å². The zero-order valence-corrected chi connectivity index (χ0v) is 24.5. The molecule has 0 amide bonds. The van der Waals surface area contributed by atoms with Gasteiger partial charge in [-0.15, -0.1) is 0 Å². The summed E-state index contributed by atoms with van der Waals surface area (Å²) in [5, 5.41) is 0. The Kier molecular flexibility index (Phi) is 44.5. The van der Waals surface area contributed by atoms with E-state index in [1.165, 1.54) is 95.8 Å². The van der Waals surface area contributed by atoms with Crippen LogP contribution in [-0.4, -0.2) is 80.5 Å². The van der Waals surface area contributed by atoms with Crippen molar-refractivity contribution >= 4 is 59.1 Å². The molecule has 0 bridgehead atoms. The van der Waals surface area contributed by atoms with Gasteiger partial charge in [0.1, 0.15) is 0 Å². The van der Waals surface area contributed by atoms with Crippen molar-refractivity contribution < 1.29 is 101 Å². The minimum atomic E-state index is -5.17. The third-order valence-corrected chi connectivity index (χ3v) is 3.41. The van der Waals surface area contributed by atoms with Crippen LogP contribution in [0.2, 0.25) is 3.67 Å². The summed E-state index contributed by atoms with van der Waals surface area (Å²) in [6.45, 7) is 2.29. The van der Waals surface area contributed by atoms with Gasteiger partial charge >= 0.3 is 172 Å². The van der Waals surface area contributed by atoms with Crippen molar-refractivity contribution in [3.05, 3.63) is 0 Å². The molecule has 0 aromatic carbocycles. The summed E-state index contributed by atoms with van der Waals surface area (Å²) in [4.78, 5) is 0. The van der Waals surface area contributed by atoms with Gasteiger partial charge in [-0.05, 0) is 0 Å². The molecule has 0 unspecified atom stereocenters. The van der Waals surface area contributed by atoms with Gasteiger partial charge in [0.15, 0.2) is 0 Å². The van der Waals surface area contributed by atoms with E-state index in [0.717, 1.165) is 0 Å². The fraction of sp³-hybridized carbons (Fsp3) is 1.00. The van der Waals surface area contributed by atoms with Crippen LogP contribution in [0.3, 0.4) is 0 Å². The van der Waals surface area contributed by atoms with E-state index in [0.29, 0.717) is 0 Å². The van der Waals surface area contributed by atoms with E-state index < -0.39 is 31.2 Å². The molecule has 0 aromatic heterocycles. The molecule has 0 atom stereocenters. The second kappa shape index (κ2) is 29.2. The van der Waals surface area contributed by atoms with Crippen LogP contribution < -0.4 is 48.4 Å². The molecule has 170 valence electrons. The molecule has 18 heteroatoms. The summed E-state index contributed by atoms with van der Waals surface area (Å²) in [5.41, 5.74) is 0. The topological polar surface area (TPSA) is 229 Å². The van der Waals surface area contributed by atoms with Crippen molar-refractivity contribution in [1.29, 1.82) is 0 Å². The Bertz CT molecular complexity index is 522. The molecule has 0 fully saturated rings. The third kappa shape index (κ3) is 173. The average molecular weight is 514 g/mol. The molecule has 0 rings (SSSR count). The van der Waals surface area contributed by atoms with Crippen molar-refractivity contribution in [2.75, 3.05) is 0 Å². The minimum Gasteiger partial charge on any atom is -0.759 e. The SMILES string of the molecule is CCCCCCCCCCC[CH2][Na].O=S(=O)(O)O.O=S(=O)(O)O.O=S(=O)([O-])[O-].[Li+].[Na+]. The molecule has 0 aliphatic carbocycles. The zero-order chi connectivity index (χ0) is 23.3. The third-order valence-electron chi connectivity index (χ3n) is 2.71. The first-order valence-corrected chi connectivity index (χ1v) is 14.0. The molecular weight excluding hydrogens is 485 g/mol. The maximum absolute atomic E-state index is 8.74. The fourth-order valence-electron chi connectivity index (χ4n) is 1.74. The second-order valence-corrected chi connectivity index (χ2v) is 9.09. The Labute approximate surface area is 232 Å². The molecule has 12 nitrogen and oxygen atoms in total. The monoisotopic (exact) mass is 514 g/mol. The van der Waals surface area contributed by atoms with Crippen LogP contribution in [0, 0.1) is 0 Å². The normalized spacial score (nSPS) is 10.4. The maximum atomic E-state index is 8.74. The number of rotatable bonds is 10. The first-order valence-electron chi connectivity index (χ1n) is 8.48. The first-order chi connectivity index (χ1) is 12.4. The van der Waals surface area contributed by atoms with Crippen LogP contribution in [0.4, 0.5) is 0 Å². The van der Waals surface area contributed by atoms with Gasteiger partial charge in [-0.3, -0.25) is 26.6 Å². The predicted octanol–water partition coefficient (Wildman–Crippen LogP) is -4.14. The van der Waals surface area contributed by atoms with Crippen LogP contribution >= 0.6 is 0 Å². The van der Waals surface area contributed by atoms with Crippen LogP contribution in [0.25, 0.3) is 0 Å². The Hall–Kier alpha value is 2.21. The van der Waals surface area contributed by atoms with Gasteiger partial charge < -0.3 is 9.11 Å². The van der Waals surface area contributed by atoms with E-state index in [1.807, 2.05) is 0 Å². The number of hydrogen-bond donors (Lipinski definition) is 4. The minimum absolute atomic E-state index is 0. The summed E-state index contributed by atoms with van der Waals surface area (Å²) in [6.07, 6.45) is 14.7. The van der Waals surface area contributed by atoms with Gasteiger partial charge in [-0.1, -0.05) is 0 Å². The predicted molar refractivity (Wildman–Crippen MR) is 101 cm³/mol. The van der Waals surface area contributed by atoms with Crippen molar-refractivity contribution in [2.24, 2.45) is 0 Å². The zero-order valence-electron chi connectivity index (χ0n) is 18.1. The van der Waals surface area contributed by atoms with Crippen LogP contribution in [0.5, 0.6) is 0 Å². The molecule has 0 aliphatic heterocycles. The Morgan fingerprint density at radius 1 is 0.633 bits per heavy atom. The van der Waals surface area contributed by atoms with Crippen LogP contribution in [-0.2, 0) is 31.2 Å². The van der Waals surface area contributed by atoms with Gasteiger partial charge in [-0.25, -0.2) is 0 Å². The Morgan fingerprint density at radius 2 is 0.800 bits per heavy atom. The molecule has 0 radical (unpaired) electrons. The first kappa shape index (κ1) is 45.7. The fourth-order valence-corrected chi connectivity index (χ4v) is 2.24. The molecule has 30 heavy (non-hydrogen) atoms. The maximum Gasteiger partial charge on any atom is 1.00 e. The molecule has 0 aromatic rings. The Balaban J connectivity index is -0.0000000712. The van der Waals surface area contributed by atoms with Crippen molar-refractivity contribution in [3.8, 4) is 0 Å². The Morgan fingerprint density at radius 3 is 0.967 bits per heavy atom. The molecule has 4 N–H and O–H groups in total. The molecule has 0 spiro atoms.